The van der Waals surface area contributed by atoms with Crippen LogP contribution >= 0.6 is 0 Å². The van der Waals surface area contributed by atoms with E-state index in [1.165, 1.54) is 12.1 Å². The lowest BCUT2D eigenvalue weighted by Gasteiger charge is -2.44. The quantitative estimate of drug-likeness (QED) is 0.196. The van der Waals surface area contributed by atoms with Crippen LogP contribution in [0, 0.1) is 16.0 Å². The van der Waals surface area contributed by atoms with Gasteiger partial charge in [-0.15, -0.1) is 0 Å². The number of nitrogens with one attached hydrogen (secondary N) is 1. The van der Waals surface area contributed by atoms with Crippen molar-refractivity contribution < 1.29 is 34.2 Å². The number of non-ortho nitro benzene ring substituents is 1. The molecule has 46 heavy (non-hydrogen) atoms. The third-order valence-corrected chi connectivity index (χ3v) is 8.67. The first kappa shape index (κ1) is 33.0. The van der Waals surface area contributed by atoms with Gasteiger partial charge in [0, 0.05) is 75.0 Å². The van der Waals surface area contributed by atoms with Crippen LogP contribution in [0.15, 0.2) is 72.8 Å². The van der Waals surface area contributed by atoms with Crippen LogP contribution in [0.1, 0.15) is 54.4 Å². The summed E-state index contributed by atoms with van der Waals surface area (Å²) in [6, 6.07) is 22.1. The Kier molecular flexibility index (Phi) is 11.0. The second-order valence-corrected chi connectivity index (χ2v) is 11.8. The average Bonchev–Trinajstić information content (AvgIpc) is 3.08. The maximum Gasteiger partial charge on any atom is 0.303 e. The second-order valence-electron chi connectivity index (χ2n) is 11.8. The number of carbonyl (C=O) groups excluding carboxylic acids is 1. The highest BCUT2D eigenvalue weighted by Gasteiger charge is 2.39. The predicted molar refractivity (Wildman–Crippen MR) is 170 cm³/mol. The largest absolute Gasteiger partial charge is 0.481 e. The zero-order valence-electron chi connectivity index (χ0n) is 25.8. The van der Waals surface area contributed by atoms with Gasteiger partial charge >= 0.3 is 5.97 Å². The van der Waals surface area contributed by atoms with E-state index >= 15 is 0 Å². The molecule has 2 aliphatic heterocycles. The zero-order valence-corrected chi connectivity index (χ0v) is 25.8. The third kappa shape index (κ3) is 8.46. The Morgan fingerprint density at radius 3 is 2.13 bits per heavy atom. The summed E-state index contributed by atoms with van der Waals surface area (Å²) in [6.07, 6.45) is -1.28. The molecule has 0 bridgehead atoms. The zero-order chi connectivity index (χ0) is 32.6. The van der Waals surface area contributed by atoms with E-state index in [9.17, 15) is 24.8 Å². The van der Waals surface area contributed by atoms with Gasteiger partial charge in [0.15, 0.2) is 6.29 Å². The van der Waals surface area contributed by atoms with Crippen molar-refractivity contribution in [2.75, 3.05) is 37.6 Å². The highest BCUT2D eigenvalue weighted by atomic mass is 16.7. The predicted octanol–water partition coefficient (Wildman–Crippen LogP) is 4.18. The van der Waals surface area contributed by atoms with Crippen LogP contribution in [-0.4, -0.2) is 70.7 Å². The van der Waals surface area contributed by atoms with Crippen molar-refractivity contribution >= 4 is 23.3 Å². The van der Waals surface area contributed by atoms with Crippen molar-refractivity contribution in [3.8, 4) is 0 Å². The number of anilines is 1. The number of aliphatic carboxylic acids is 1. The molecule has 0 unspecified atom stereocenters. The Bertz CT molecular complexity index is 1470. The molecule has 12 heteroatoms. The maximum absolute atomic E-state index is 11.9. The number of nitro groups is 1. The summed E-state index contributed by atoms with van der Waals surface area (Å²) in [6.45, 7) is 6.31. The van der Waals surface area contributed by atoms with Gasteiger partial charge in [-0.1, -0.05) is 55.5 Å². The molecular weight excluding hydrogens is 592 g/mol. The highest BCUT2D eigenvalue weighted by Crippen LogP contribution is 2.42. The molecule has 0 saturated carbocycles. The smallest absolute Gasteiger partial charge is 0.303 e. The van der Waals surface area contributed by atoms with E-state index in [2.05, 4.69) is 22.0 Å². The number of rotatable bonds is 12. The first-order valence-electron chi connectivity index (χ1n) is 15.5. The van der Waals surface area contributed by atoms with Gasteiger partial charge in [0.25, 0.3) is 5.69 Å². The summed E-state index contributed by atoms with van der Waals surface area (Å²) in [5.74, 6) is -1.29. The van der Waals surface area contributed by atoms with Crippen molar-refractivity contribution in [3.63, 3.8) is 0 Å². The van der Waals surface area contributed by atoms with Gasteiger partial charge in [-0.25, -0.2) is 0 Å². The number of piperazine rings is 1. The van der Waals surface area contributed by atoms with Crippen LogP contribution in [-0.2, 0) is 32.2 Å². The SMILES string of the molecule is C[C@H]1[C@@H](CN2CCN(c3ccc([N+](=O)[O-])cc3)CC2)O[C@@H](c2ccc(CNC(=O)CCC(=O)O)cc2)O[C@H]1c1ccc(CO)cc1. The lowest BCUT2D eigenvalue weighted by Crippen LogP contribution is -2.51. The monoisotopic (exact) mass is 632 g/mol. The number of nitro benzene ring substituents is 1. The van der Waals surface area contributed by atoms with E-state index in [0.717, 1.165) is 54.1 Å². The minimum atomic E-state index is -1.01. The van der Waals surface area contributed by atoms with Crippen molar-refractivity contribution in [2.24, 2.45) is 5.92 Å². The number of hydrogen-bond donors (Lipinski definition) is 3. The molecule has 0 radical (unpaired) electrons. The van der Waals surface area contributed by atoms with Crippen molar-refractivity contribution in [1.29, 1.82) is 0 Å². The number of nitrogens with zero attached hydrogens (tertiary/aromatic N) is 3. The van der Waals surface area contributed by atoms with Gasteiger partial charge in [0.05, 0.1) is 30.2 Å². The number of benzene rings is 3. The number of carbonyl (C=O) groups is 2. The molecule has 2 fully saturated rings. The number of aliphatic hydroxyl groups excluding tert-OH is 1. The van der Waals surface area contributed by atoms with Gasteiger partial charge in [-0.05, 0) is 28.8 Å². The molecule has 12 nitrogen and oxygen atoms in total. The van der Waals surface area contributed by atoms with Gasteiger partial charge in [-0.3, -0.25) is 24.6 Å². The summed E-state index contributed by atoms with van der Waals surface area (Å²) in [5, 5.41) is 32.1. The first-order valence-corrected chi connectivity index (χ1v) is 15.5. The number of hydrogen-bond acceptors (Lipinski definition) is 9. The molecule has 2 heterocycles. The molecule has 5 rings (SSSR count). The fourth-order valence-electron chi connectivity index (χ4n) is 5.86. The van der Waals surface area contributed by atoms with Crippen LogP contribution in [0.4, 0.5) is 11.4 Å². The molecule has 3 aromatic carbocycles. The highest BCUT2D eigenvalue weighted by molar-refractivity contribution is 5.80. The number of carboxylic acid groups (broad SMARTS) is 1. The lowest BCUT2D eigenvalue weighted by molar-refractivity contribution is -0.384. The minimum absolute atomic E-state index is 0.0317. The van der Waals surface area contributed by atoms with E-state index in [-0.39, 0.29) is 60.6 Å². The normalized spacial score (nSPS) is 21.9. The lowest BCUT2D eigenvalue weighted by atomic mass is 9.90. The molecule has 244 valence electrons. The fraction of sp³-hybridized carbons (Fsp3) is 0.412. The van der Waals surface area contributed by atoms with Gasteiger partial charge < -0.3 is 29.9 Å². The Labute approximate surface area is 267 Å². The van der Waals surface area contributed by atoms with Crippen molar-refractivity contribution in [3.05, 3.63) is 105 Å². The summed E-state index contributed by atoms with van der Waals surface area (Å²) in [5.41, 5.74) is 4.60. The van der Waals surface area contributed by atoms with Crippen molar-refractivity contribution in [2.45, 2.75) is 51.4 Å². The van der Waals surface area contributed by atoms with Crippen LogP contribution in [0.3, 0.4) is 0 Å². The number of carboxylic acids is 1. The molecule has 2 saturated heterocycles. The molecular formula is C34H40N4O8. The Morgan fingerprint density at radius 1 is 0.891 bits per heavy atom. The first-order chi connectivity index (χ1) is 22.2. The van der Waals surface area contributed by atoms with Gasteiger partial charge in [0.2, 0.25) is 5.91 Å². The van der Waals surface area contributed by atoms with E-state index in [4.69, 9.17) is 14.6 Å². The Hall–Kier alpha value is -4.36. The molecule has 4 atom stereocenters. The van der Waals surface area contributed by atoms with Crippen LogP contribution < -0.4 is 10.2 Å². The maximum atomic E-state index is 11.9. The fourth-order valence-corrected chi connectivity index (χ4v) is 5.86. The standard InChI is InChI=1S/C34H40N4O8/c1-23-30(21-36-16-18-37(19-17-36)28-10-12-29(13-11-28)38(43)44)45-34(46-33(23)26-6-4-25(22-39)5-7-26)27-8-2-24(3-9-27)20-35-31(40)14-15-32(41)42/h2-13,23,30,33-34,39H,14-22H2,1H3,(H,35,40)(H,41,42)/t23-,30+,33+,34+/m0/s1. The topological polar surface area (TPSA) is 155 Å². The minimum Gasteiger partial charge on any atom is -0.481 e. The molecule has 1 amide bonds. The van der Waals surface area contributed by atoms with Crippen LogP contribution in [0.5, 0.6) is 0 Å². The number of ether oxygens (including phenoxy) is 2. The Morgan fingerprint density at radius 2 is 1.52 bits per heavy atom. The summed E-state index contributed by atoms with van der Waals surface area (Å²) in [7, 11) is 0. The number of aliphatic hydroxyl groups is 1. The van der Waals surface area contributed by atoms with E-state index in [0.29, 0.717) is 6.54 Å². The van der Waals surface area contributed by atoms with Crippen LogP contribution in [0.2, 0.25) is 0 Å². The van der Waals surface area contributed by atoms with Gasteiger partial charge in [-0.2, -0.15) is 0 Å². The molecule has 3 aromatic rings. The van der Waals surface area contributed by atoms with Gasteiger partial charge in [0.1, 0.15) is 0 Å². The molecule has 0 spiro atoms. The molecule has 2 aliphatic rings. The average molecular weight is 633 g/mol. The van der Waals surface area contributed by atoms with E-state index in [1.54, 1.807) is 12.1 Å². The Balaban J connectivity index is 1.25. The van der Waals surface area contributed by atoms with Crippen LogP contribution in [0.25, 0.3) is 0 Å². The molecule has 3 N–H and O–H groups in total. The molecule has 0 aromatic heterocycles. The summed E-state index contributed by atoms with van der Waals surface area (Å²) >= 11 is 0. The number of amides is 1. The molecule has 0 aliphatic carbocycles. The summed E-state index contributed by atoms with van der Waals surface area (Å²) < 4.78 is 13.2. The summed E-state index contributed by atoms with van der Waals surface area (Å²) in [4.78, 5) is 37.9. The van der Waals surface area contributed by atoms with E-state index in [1.807, 2.05) is 48.5 Å². The van der Waals surface area contributed by atoms with E-state index < -0.39 is 12.3 Å². The van der Waals surface area contributed by atoms with Crippen molar-refractivity contribution in [1.82, 2.24) is 10.2 Å². The second kappa shape index (κ2) is 15.3. The third-order valence-electron chi connectivity index (χ3n) is 8.67.